The number of aliphatic carboxylic acids is 12. The zero-order valence-corrected chi connectivity index (χ0v) is 38.5. The summed E-state index contributed by atoms with van der Waals surface area (Å²) in [5.41, 5.74) is 39.2. The van der Waals surface area contributed by atoms with E-state index >= 15 is 0 Å². The fraction of sp³-hybridized carbons (Fsp3) is 0.625. The van der Waals surface area contributed by atoms with E-state index in [0.29, 0.717) is 52.4 Å². The molecule has 0 bridgehead atoms. The molecule has 0 saturated carbocycles. The van der Waals surface area contributed by atoms with Crippen molar-refractivity contribution in [1.29, 1.82) is 0 Å². The Kier molecular flexibility index (Phi) is 292. The van der Waals surface area contributed by atoms with Crippen LogP contribution in [0, 0.1) is 0 Å². The van der Waals surface area contributed by atoms with E-state index in [2.05, 4.69) is 0 Å². The van der Waals surface area contributed by atoms with Gasteiger partial charge in [-0.1, -0.05) is 0 Å². The maximum absolute atomic E-state index is 9.00. The number of carboxylic acid groups (broad SMARTS) is 12. The summed E-state index contributed by atoms with van der Waals surface area (Å²) in [6, 6.07) is 0. The average Bonchev–Trinajstić information content (AvgIpc) is 3.02. The molecule has 0 saturated heterocycles. The Balaban J connectivity index is -0.0000000200. The molecule has 32 nitrogen and oxygen atoms in total. The Morgan fingerprint density at radius 3 is 0.206 bits per heavy atom. The number of hydrogen-bond acceptors (Lipinski definition) is 20. The molecule has 0 aromatic heterocycles. The molecule has 0 atom stereocenters. The maximum atomic E-state index is 9.00. The summed E-state index contributed by atoms with van der Waals surface area (Å²) < 4.78 is 0. The molecule has 0 heterocycles. The fourth-order valence-corrected chi connectivity index (χ4v) is 0. The molecule has 68 heavy (non-hydrogen) atoms. The molecule has 0 unspecified atom stereocenters. The number of rotatable bonds is 4. The van der Waals surface area contributed by atoms with Crippen molar-refractivity contribution in [3.8, 4) is 0 Å². The van der Waals surface area contributed by atoms with Crippen LogP contribution in [0.1, 0.15) is 83.1 Å². The van der Waals surface area contributed by atoms with Gasteiger partial charge in [-0.2, -0.15) is 0 Å². The van der Waals surface area contributed by atoms with E-state index in [1.165, 1.54) is 0 Å². The van der Waals surface area contributed by atoms with E-state index in [1.54, 1.807) is 0 Å². The SMILES string of the molecule is CC(=O)O.CC(=O)O.CC(=O)O.CC(=O)O.CC(=O)O.CC(=O)O.CC(=O)O.CC(=O)O.CC(=O)O.CC(=O)O.CC(=O)O.CC(=O)O.NCCN.NCCN.NCCN.NCCN.[NaH].[NaH].[NaH].[NaH]. The number of nitrogens with two attached hydrogens (primary N) is 8. The van der Waals surface area contributed by atoms with Crippen molar-refractivity contribution in [3.63, 3.8) is 0 Å². The van der Waals surface area contributed by atoms with E-state index in [1.807, 2.05) is 0 Å². The molecule has 36 heteroatoms. The molecule has 0 spiro atoms. The first kappa shape index (κ1) is 132. The molecular weight excluding hydrogens is 972 g/mol. The second-order valence-electron chi connectivity index (χ2n) is 8.54. The average molecular weight is 1060 g/mol. The van der Waals surface area contributed by atoms with Crippen LogP contribution in [0.25, 0.3) is 0 Å². The van der Waals surface area contributed by atoms with Gasteiger partial charge in [0.25, 0.3) is 71.6 Å². The van der Waals surface area contributed by atoms with Crippen molar-refractivity contribution in [2.45, 2.75) is 83.1 Å². The molecule has 0 aliphatic carbocycles. The van der Waals surface area contributed by atoms with Crippen molar-refractivity contribution in [3.05, 3.63) is 0 Å². The molecular formula is C32H84N8Na4O24. The topological polar surface area (TPSA) is 656 Å². The van der Waals surface area contributed by atoms with Crippen LogP contribution in [0.4, 0.5) is 0 Å². The normalized spacial score (nSPS) is 6.18. The van der Waals surface area contributed by atoms with Crippen LogP contribution in [0.5, 0.6) is 0 Å². The van der Waals surface area contributed by atoms with E-state index in [9.17, 15) is 0 Å². The fourth-order valence-electron chi connectivity index (χ4n) is 0. The summed E-state index contributed by atoms with van der Waals surface area (Å²) in [5, 5.41) is 89.0. The van der Waals surface area contributed by atoms with Gasteiger partial charge >= 0.3 is 118 Å². The summed E-state index contributed by atoms with van der Waals surface area (Å²) in [5.74, 6) is -10.0. The molecule has 28 N–H and O–H groups in total. The van der Waals surface area contributed by atoms with E-state index in [0.717, 1.165) is 83.1 Å². The van der Waals surface area contributed by atoms with Crippen LogP contribution in [-0.2, 0) is 57.5 Å². The summed E-state index contributed by atoms with van der Waals surface area (Å²) in [6.45, 7) is 17.8. The third kappa shape index (κ3) is 141000. The number of carbonyl (C=O) groups is 12. The summed E-state index contributed by atoms with van der Waals surface area (Å²) in [7, 11) is 0. The molecule has 0 amide bonds. The first-order valence-corrected chi connectivity index (χ1v) is 16.4. The van der Waals surface area contributed by atoms with Crippen LogP contribution >= 0.6 is 0 Å². The zero-order chi connectivity index (χ0) is 56.6. The second-order valence-corrected chi connectivity index (χ2v) is 8.54. The van der Waals surface area contributed by atoms with Gasteiger partial charge < -0.3 is 107 Å². The summed E-state index contributed by atoms with van der Waals surface area (Å²) in [4.78, 5) is 108. The summed E-state index contributed by atoms with van der Waals surface area (Å²) in [6.07, 6.45) is 0. The monoisotopic (exact) mass is 1060 g/mol. The predicted octanol–water partition coefficient (Wildman–Crippen LogP) is -5.89. The van der Waals surface area contributed by atoms with Crippen LogP contribution in [0.3, 0.4) is 0 Å². The van der Waals surface area contributed by atoms with Crippen molar-refractivity contribution in [2.75, 3.05) is 52.4 Å². The first-order valence-electron chi connectivity index (χ1n) is 16.4. The van der Waals surface area contributed by atoms with Gasteiger partial charge in [0.05, 0.1) is 0 Å². The molecule has 0 radical (unpaired) electrons. The van der Waals surface area contributed by atoms with Crippen molar-refractivity contribution >= 4 is 190 Å². The van der Waals surface area contributed by atoms with E-state index in [-0.39, 0.29) is 118 Å². The van der Waals surface area contributed by atoms with Gasteiger partial charge in [0.1, 0.15) is 0 Å². The standard InChI is InChI=1S/4C2H8N2.12C2H4O2.4Na.4H/c4*3-1-2-4;12*1-2(3)4;;;;;;;;/h4*1-4H2;12*1H3,(H,3,4);;;;;;;;. The van der Waals surface area contributed by atoms with Gasteiger partial charge in [0.15, 0.2) is 0 Å². The van der Waals surface area contributed by atoms with Crippen molar-refractivity contribution < 1.29 is 119 Å². The number of hydrogen-bond donors (Lipinski definition) is 20. The van der Waals surface area contributed by atoms with Gasteiger partial charge in [-0.25, -0.2) is 0 Å². The minimum absolute atomic E-state index is 0. The van der Waals surface area contributed by atoms with Gasteiger partial charge in [0, 0.05) is 135 Å². The Bertz CT molecular complexity index is 745. The zero-order valence-electron chi connectivity index (χ0n) is 38.5. The molecule has 0 aliphatic heterocycles. The van der Waals surface area contributed by atoms with Crippen LogP contribution in [0.2, 0.25) is 0 Å². The van der Waals surface area contributed by atoms with Crippen LogP contribution in [0.15, 0.2) is 0 Å². The molecule has 0 aromatic rings. The minimum atomic E-state index is -0.833. The van der Waals surface area contributed by atoms with E-state index < -0.39 is 71.6 Å². The predicted molar refractivity (Wildman–Crippen MR) is 261 cm³/mol. The Morgan fingerprint density at radius 2 is 0.206 bits per heavy atom. The second kappa shape index (κ2) is 151. The molecule has 0 fully saturated rings. The third-order valence-electron chi connectivity index (χ3n) is 0.667. The molecule has 0 rings (SSSR count). The number of carboxylic acids is 12. The third-order valence-corrected chi connectivity index (χ3v) is 0.667. The molecule has 0 aliphatic rings. The van der Waals surface area contributed by atoms with Crippen LogP contribution < -0.4 is 45.9 Å². The Labute approximate surface area is 485 Å². The van der Waals surface area contributed by atoms with Gasteiger partial charge in [-0.3, -0.25) is 57.5 Å². The van der Waals surface area contributed by atoms with E-state index in [4.69, 9.17) is 165 Å². The quantitative estimate of drug-likeness (QED) is 0.117. The summed E-state index contributed by atoms with van der Waals surface area (Å²) >= 11 is 0. The van der Waals surface area contributed by atoms with Crippen molar-refractivity contribution in [1.82, 2.24) is 0 Å². The van der Waals surface area contributed by atoms with Gasteiger partial charge in [-0.05, 0) is 0 Å². The van der Waals surface area contributed by atoms with Gasteiger partial charge in [0.2, 0.25) is 0 Å². The molecule has 0 aromatic carbocycles. The Morgan fingerprint density at radius 1 is 0.191 bits per heavy atom. The Hall–Kier alpha value is -2.68. The van der Waals surface area contributed by atoms with Crippen molar-refractivity contribution in [2.24, 2.45) is 45.9 Å². The molecule has 400 valence electrons. The first-order chi connectivity index (χ1) is 28.4. The van der Waals surface area contributed by atoms with Gasteiger partial charge in [-0.15, -0.1) is 0 Å². The van der Waals surface area contributed by atoms with Crippen LogP contribution in [-0.4, -0.2) is 303 Å².